The summed E-state index contributed by atoms with van der Waals surface area (Å²) in [6.07, 6.45) is 0. The van der Waals surface area contributed by atoms with E-state index in [9.17, 15) is 9.59 Å². The average Bonchev–Trinajstić information content (AvgIpc) is 3.14. The van der Waals surface area contributed by atoms with E-state index in [1.54, 1.807) is 38.3 Å². The number of carbonyl (C=O) groups is 1. The van der Waals surface area contributed by atoms with Crippen LogP contribution in [0.2, 0.25) is 0 Å². The van der Waals surface area contributed by atoms with Crippen LogP contribution in [-0.2, 0) is 11.3 Å². The fourth-order valence-electron chi connectivity index (χ4n) is 3.45. The van der Waals surface area contributed by atoms with E-state index in [0.29, 0.717) is 34.4 Å². The molecule has 0 saturated carbocycles. The van der Waals surface area contributed by atoms with Crippen LogP contribution >= 0.6 is 0 Å². The first-order valence-electron chi connectivity index (χ1n) is 10.1. The Morgan fingerprint density at radius 3 is 2.33 bits per heavy atom. The molecule has 1 amide bonds. The molecule has 4 aromatic rings. The second-order valence-electron chi connectivity index (χ2n) is 7.17. The van der Waals surface area contributed by atoms with Crippen LogP contribution in [0.3, 0.4) is 0 Å². The van der Waals surface area contributed by atoms with Gasteiger partial charge in [-0.25, -0.2) is 18.9 Å². The molecule has 0 radical (unpaired) electrons. The van der Waals surface area contributed by atoms with Gasteiger partial charge in [0.2, 0.25) is 5.91 Å². The zero-order chi connectivity index (χ0) is 23.5. The number of methoxy groups -OCH3 is 3. The Morgan fingerprint density at radius 2 is 1.67 bits per heavy atom. The molecule has 2 heterocycles. The van der Waals surface area contributed by atoms with Crippen molar-refractivity contribution in [3.63, 3.8) is 0 Å². The first kappa shape index (κ1) is 21.9. The van der Waals surface area contributed by atoms with Gasteiger partial charge in [0, 0.05) is 17.7 Å². The number of nitrogens with one attached hydrogen (secondary N) is 1. The number of hydrogen-bond acceptors (Lipinski definition) is 7. The molecule has 2 aromatic carbocycles. The number of benzene rings is 2. The topological polar surface area (TPSA) is 109 Å². The van der Waals surface area contributed by atoms with Crippen LogP contribution in [-0.4, -0.2) is 46.4 Å². The lowest BCUT2D eigenvalue weighted by Crippen LogP contribution is -2.29. The van der Waals surface area contributed by atoms with Gasteiger partial charge in [0.15, 0.2) is 5.65 Å². The van der Waals surface area contributed by atoms with Crippen LogP contribution in [0.25, 0.3) is 16.9 Å². The molecule has 2 aromatic heterocycles. The molecule has 10 heteroatoms. The van der Waals surface area contributed by atoms with Gasteiger partial charge in [-0.15, -0.1) is 5.10 Å². The second-order valence-corrected chi connectivity index (χ2v) is 7.17. The Bertz CT molecular complexity index is 1370. The highest BCUT2D eigenvalue weighted by atomic mass is 16.5. The van der Waals surface area contributed by atoms with Gasteiger partial charge in [-0.05, 0) is 43.3 Å². The fourth-order valence-corrected chi connectivity index (χ4v) is 3.45. The minimum atomic E-state index is -0.455. The average molecular weight is 449 g/mol. The predicted molar refractivity (Wildman–Crippen MR) is 122 cm³/mol. The highest BCUT2D eigenvalue weighted by molar-refractivity contribution is 5.92. The molecular weight excluding hydrogens is 426 g/mol. The van der Waals surface area contributed by atoms with E-state index in [-0.39, 0.29) is 6.54 Å². The van der Waals surface area contributed by atoms with Crippen molar-refractivity contribution in [1.82, 2.24) is 19.2 Å². The van der Waals surface area contributed by atoms with Crippen LogP contribution < -0.4 is 25.2 Å². The number of ether oxygens (including phenoxy) is 3. The maximum Gasteiger partial charge on any atom is 0.352 e. The number of fused-ring (bicyclic) bond motifs is 1. The molecule has 0 saturated heterocycles. The summed E-state index contributed by atoms with van der Waals surface area (Å²) < 4.78 is 18.1. The summed E-state index contributed by atoms with van der Waals surface area (Å²) in [7, 11) is 4.63. The standard InChI is InChI=1S/C23H23N5O5/c1-14-24-18(15-5-7-16(31-2)8-6-15)12-21-26-27(23(30)28(14)21)13-22(29)25-19-11-17(32-3)9-10-20(19)33-4/h5-12H,13H2,1-4H3,(H,25,29). The molecule has 33 heavy (non-hydrogen) atoms. The van der Waals surface area contributed by atoms with Gasteiger partial charge >= 0.3 is 5.69 Å². The molecule has 0 atom stereocenters. The van der Waals surface area contributed by atoms with Crippen molar-refractivity contribution in [1.29, 1.82) is 0 Å². The lowest BCUT2D eigenvalue weighted by atomic mass is 10.1. The van der Waals surface area contributed by atoms with Crippen LogP contribution in [0, 0.1) is 6.92 Å². The highest BCUT2D eigenvalue weighted by Gasteiger charge is 2.16. The number of carbonyl (C=O) groups excluding carboxylic acids is 1. The normalized spacial score (nSPS) is 10.8. The highest BCUT2D eigenvalue weighted by Crippen LogP contribution is 2.29. The van der Waals surface area contributed by atoms with E-state index in [1.165, 1.54) is 18.6 Å². The number of aryl methyl sites for hydroxylation is 1. The van der Waals surface area contributed by atoms with Gasteiger partial charge in [0.1, 0.15) is 29.6 Å². The lowest BCUT2D eigenvalue weighted by Gasteiger charge is -2.11. The SMILES string of the molecule is COc1ccc(-c2cc3nn(CC(=O)Nc4cc(OC)ccc4OC)c(=O)n3c(C)n2)cc1. The van der Waals surface area contributed by atoms with Crippen LogP contribution in [0.4, 0.5) is 5.69 Å². The zero-order valence-electron chi connectivity index (χ0n) is 18.7. The summed E-state index contributed by atoms with van der Waals surface area (Å²) in [5.41, 5.74) is 1.88. The van der Waals surface area contributed by atoms with Crippen molar-refractivity contribution < 1.29 is 19.0 Å². The van der Waals surface area contributed by atoms with E-state index in [1.807, 2.05) is 24.3 Å². The smallest absolute Gasteiger partial charge is 0.352 e. The van der Waals surface area contributed by atoms with Gasteiger partial charge in [-0.1, -0.05) is 0 Å². The van der Waals surface area contributed by atoms with Crippen molar-refractivity contribution in [2.45, 2.75) is 13.5 Å². The number of aromatic nitrogens is 4. The largest absolute Gasteiger partial charge is 0.497 e. The summed E-state index contributed by atoms with van der Waals surface area (Å²) in [5, 5.41) is 7.08. The summed E-state index contributed by atoms with van der Waals surface area (Å²) in [6, 6.07) is 14.2. The second kappa shape index (κ2) is 9.03. The Morgan fingerprint density at radius 1 is 0.970 bits per heavy atom. The van der Waals surface area contributed by atoms with Crippen molar-refractivity contribution in [3.8, 4) is 28.5 Å². The number of hydrogen-bond donors (Lipinski definition) is 1. The van der Waals surface area contributed by atoms with Gasteiger partial charge in [-0.2, -0.15) is 0 Å². The van der Waals surface area contributed by atoms with Crippen LogP contribution in [0.1, 0.15) is 5.82 Å². The monoisotopic (exact) mass is 449 g/mol. The van der Waals surface area contributed by atoms with Gasteiger partial charge in [0.25, 0.3) is 0 Å². The molecule has 0 fully saturated rings. The van der Waals surface area contributed by atoms with Crippen LogP contribution in [0.15, 0.2) is 53.3 Å². The van der Waals surface area contributed by atoms with Crippen molar-refractivity contribution in [3.05, 3.63) is 64.8 Å². The molecule has 0 aliphatic heterocycles. The van der Waals surface area contributed by atoms with Gasteiger partial charge < -0.3 is 19.5 Å². The molecule has 0 aliphatic carbocycles. The zero-order valence-corrected chi connectivity index (χ0v) is 18.7. The Balaban J connectivity index is 1.62. The third-order valence-corrected chi connectivity index (χ3v) is 5.10. The molecule has 0 aliphatic rings. The molecule has 10 nitrogen and oxygen atoms in total. The third-order valence-electron chi connectivity index (χ3n) is 5.10. The van der Waals surface area contributed by atoms with Gasteiger partial charge in [-0.3, -0.25) is 4.79 Å². The molecule has 0 spiro atoms. The predicted octanol–water partition coefficient (Wildman–Crippen LogP) is 2.53. The van der Waals surface area contributed by atoms with E-state index in [2.05, 4.69) is 15.4 Å². The Kier molecular flexibility index (Phi) is 5.99. The first-order chi connectivity index (χ1) is 15.9. The van der Waals surface area contributed by atoms with Crippen molar-refractivity contribution >= 4 is 17.2 Å². The molecule has 0 bridgehead atoms. The van der Waals surface area contributed by atoms with E-state index in [0.717, 1.165) is 16.0 Å². The molecule has 0 unspecified atom stereocenters. The number of anilines is 1. The summed E-state index contributed by atoms with van der Waals surface area (Å²) in [6.45, 7) is 1.44. The lowest BCUT2D eigenvalue weighted by molar-refractivity contribution is -0.117. The van der Waals surface area contributed by atoms with Crippen molar-refractivity contribution in [2.75, 3.05) is 26.6 Å². The minimum Gasteiger partial charge on any atom is -0.497 e. The Labute approximate surface area is 189 Å². The maximum absolute atomic E-state index is 12.9. The quantitative estimate of drug-likeness (QED) is 0.462. The van der Waals surface area contributed by atoms with Crippen molar-refractivity contribution in [2.24, 2.45) is 0 Å². The number of rotatable bonds is 7. The first-order valence-corrected chi connectivity index (χ1v) is 10.1. The van der Waals surface area contributed by atoms with E-state index < -0.39 is 11.6 Å². The Hall–Kier alpha value is -4.34. The van der Waals surface area contributed by atoms with Gasteiger partial charge in [0.05, 0.1) is 32.7 Å². The van der Waals surface area contributed by atoms with E-state index in [4.69, 9.17) is 14.2 Å². The fraction of sp³-hybridized carbons (Fsp3) is 0.217. The summed E-state index contributed by atoms with van der Waals surface area (Å²) in [5.74, 6) is 1.78. The summed E-state index contributed by atoms with van der Waals surface area (Å²) in [4.78, 5) is 30.1. The van der Waals surface area contributed by atoms with Crippen LogP contribution in [0.5, 0.6) is 17.2 Å². The number of nitrogens with zero attached hydrogens (tertiary/aromatic N) is 4. The van der Waals surface area contributed by atoms with E-state index >= 15 is 0 Å². The summed E-state index contributed by atoms with van der Waals surface area (Å²) >= 11 is 0. The minimum absolute atomic E-state index is 0.280. The molecule has 4 rings (SSSR count). The molecular formula is C23H23N5O5. The third kappa shape index (κ3) is 4.36. The number of amides is 1. The maximum atomic E-state index is 12.9. The molecule has 170 valence electrons. The molecule has 1 N–H and O–H groups in total.